The highest BCUT2D eigenvalue weighted by Gasteiger charge is 2.13. The van der Waals surface area contributed by atoms with E-state index in [1.54, 1.807) is 13.0 Å². The van der Waals surface area contributed by atoms with Crippen LogP contribution in [-0.2, 0) is 11.2 Å². The first-order valence-corrected chi connectivity index (χ1v) is 5.75. The molecular weight excluding hydrogens is 216 g/mol. The molecule has 0 amide bonds. The van der Waals surface area contributed by atoms with Gasteiger partial charge < -0.3 is 15.4 Å². The zero-order valence-corrected chi connectivity index (χ0v) is 10.7. The van der Waals surface area contributed by atoms with E-state index in [4.69, 9.17) is 10.5 Å². The monoisotopic (exact) mass is 236 g/mol. The van der Waals surface area contributed by atoms with E-state index in [2.05, 4.69) is 4.90 Å². The topological polar surface area (TPSA) is 55.6 Å². The molecule has 0 saturated carbocycles. The Balaban J connectivity index is 2.87. The molecule has 0 aliphatic carbocycles. The summed E-state index contributed by atoms with van der Waals surface area (Å²) in [6.07, 6.45) is 0.825. The summed E-state index contributed by atoms with van der Waals surface area (Å²) in [6, 6.07) is 5.49. The second-order valence-corrected chi connectivity index (χ2v) is 4.15. The number of ether oxygens (including phenoxy) is 1. The summed E-state index contributed by atoms with van der Waals surface area (Å²) in [7, 11) is 4.01. The number of benzene rings is 1. The summed E-state index contributed by atoms with van der Waals surface area (Å²) in [6.45, 7) is 3.04. The van der Waals surface area contributed by atoms with Gasteiger partial charge in [0.15, 0.2) is 0 Å². The van der Waals surface area contributed by atoms with Crippen LogP contribution in [0.25, 0.3) is 0 Å². The third-order valence-corrected chi connectivity index (χ3v) is 2.52. The zero-order valence-electron chi connectivity index (χ0n) is 10.7. The Labute approximate surface area is 102 Å². The first-order valence-electron chi connectivity index (χ1n) is 5.75. The summed E-state index contributed by atoms with van der Waals surface area (Å²) < 4.78 is 4.96. The fraction of sp³-hybridized carbons (Fsp3) is 0.462. The molecule has 1 aromatic rings. The third kappa shape index (κ3) is 3.75. The first kappa shape index (κ1) is 13.5. The molecule has 4 heteroatoms. The van der Waals surface area contributed by atoms with Crippen LogP contribution >= 0.6 is 0 Å². The number of para-hydroxylation sites is 1. The quantitative estimate of drug-likeness (QED) is 0.622. The van der Waals surface area contributed by atoms with Crippen molar-refractivity contribution in [3.63, 3.8) is 0 Å². The SMILES string of the molecule is CCOC(=O)c1cccc(CCN(C)C)c1N. The number of nitrogens with zero attached hydrogens (tertiary/aromatic N) is 1. The van der Waals surface area contributed by atoms with Gasteiger partial charge in [-0.25, -0.2) is 4.79 Å². The molecule has 0 fully saturated rings. The van der Waals surface area contributed by atoms with Gasteiger partial charge in [0, 0.05) is 12.2 Å². The lowest BCUT2D eigenvalue weighted by Crippen LogP contribution is -2.17. The zero-order chi connectivity index (χ0) is 12.8. The van der Waals surface area contributed by atoms with Crippen molar-refractivity contribution in [3.05, 3.63) is 29.3 Å². The summed E-state index contributed by atoms with van der Waals surface area (Å²) in [5, 5.41) is 0. The van der Waals surface area contributed by atoms with Gasteiger partial charge in [0.2, 0.25) is 0 Å². The Hall–Kier alpha value is -1.55. The highest BCUT2D eigenvalue weighted by Crippen LogP contribution is 2.19. The lowest BCUT2D eigenvalue weighted by atomic mass is 10.0. The van der Waals surface area contributed by atoms with Crippen LogP contribution < -0.4 is 5.73 Å². The number of carbonyl (C=O) groups excluding carboxylic acids is 1. The largest absolute Gasteiger partial charge is 0.462 e. The molecule has 0 saturated heterocycles. The summed E-state index contributed by atoms with van der Waals surface area (Å²) in [5.74, 6) is -0.350. The van der Waals surface area contributed by atoms with E-state index in [1.165, 1.54) is 0 Å². The van der Waals surface area contributed by atoms with Crippen LogP contribution in [0.15, 0.2) is 18.2 Å². The molecule has 1 aromatic carbocycles. The van der Waals surface area contributed by atoms with Crippen LogP contribution in [0.3, 0.4) is 0 Å². The van der Waals surface area contributed by atoms with Crippen molar-refractivity contribution in [3.8, 4) is 0 Å². The molecule has 0 bridgehead atoms. The average molecular weight is 236 g/mol. The minimum absolute atomic E-state index is 0.350. The van der Waals surface area contributed by atoms with Gasteiger partial charge >= 0.3 is 5.97 Å². The fourth-order valence-electron chi connectivity index (χ4n) is 1.56. The number of anilines is 1. The van der Waals surface area contributed by atoms with Crippen LogP contribution in [0.2, 0.25) is 0 Å². The maximum absolute atomic E-state index is 11.6. The molecule has 4 nitrogen and oxygen atoms in total. The number of nitrogen functional groups attached to an aromatic ring is 1. The number of hydrogen-bond acceptors (Lipinski definition) is 4. The summed E-state index contributed by atoms with van der Waals surface area (Å²) >= 11 is 0. The molecule has 94 valence electrons. The number of esters is 1. The molecule has 0 aromatic heterocycles. The van der Waals surface area contributed by atoms with Gasteiger partial charge in [-0.15, -0.1) is 0 Å². The number of likely N-dealkylation sites (N-methyl/N-ethyl adjacent to an activating group) is 1. The van der Waals surface area contributed by atoms with Gasteiger partial charge in [0.25, 0.3) is 0 Å². The lowest BCUT2D eigenvalue weighted by Gasteiger charge is -2.13. The van der Waals surface area contributed by atoms with Crippen molar-refractivity contribution >= 4 is 11.7 Å². The van der Waals surface area contributed by atoms with Gasteiger partial charge in [-0.3, -0.25) is 0 Å². The van der Waals surface area contributed by atoms with Crippen LogP contribution in [0, 0.1) is 0 Å². The van der Waals surface area contributed by atoms with Crippen molar-refractivity contribution in [2.75, 3.05) is 33.0 Å². The van der Waals surface area contributed by atoms with E-state index < -0.39 is 0 Å². The van der Waals surface area contributed by atoms with Gasteiger partial charge in [-0.2, -0.15) is 0 Å². The normalized spacial score (nSPS) is 10.6. The van der Waals surface area contributed by atoms with Gasteiger partial charge in [0.1, 0.15) is 0 Å². The molecule has 1 rings (SSSR count). The Morgan fingerprint density at radius 2 is 2.12 bits per heavy atom. The fourth-order valence-corrected chi connectivity index (χ4v) is 1.56. The van der Waals surface area contributed by atoms with E-state index in [-0.39, 0.29) is 5.97 Å². The van der Waals surface area contributed by atoms with Gasteiger partial charge in [-0.1, -0.05) is 12.1 Å². The Kier molecular flexibility index (Phi) is 4.97. The maximum atomic E-state index is 11.6. The van der Waals surface area contributed by atoms with Crippen LogP contribution in [0.5, 0.6) is 0 Å². The van der Waals surface area contributed by atoms with E-state index in [0.717, 1.165) is 18.5 Å². The molecule has 0 atom stereocenters. The Morgan fingerprint density at radius 3 is 2.71 bits per heavy atom. The Bertz CT molecular complexity index is 389. The molecule has 0 aliphatic rings. The molecule has 0 radical (unpaired) electrons. The van der Waals surface area contributed by atoms with Crippen LogP contribution in [-0.4, -0.2) is 38.1 Å². The smallest absolute Gasteiger partial charge is 0.340 e. The molecule has 0 heterocycles. The molecule has 0 unspecified atom stereocenters. The first-order chi connectivity index (χ1) is 8.06. The van der Waals surface area contributed by atoms with E-state index >= 15 is 0 Å². The molecule has 0 spiro atoms. The van der Waals surface area contributed by atoms with E-state index in [1.807, 2.05) is 26.2 Å². The molecule has 17 heavy (non-hydrogen) atoms. The molecule has 0 aliphatic heterocycles. The highest BCUT2D eigenvalue weighted by molar-refractivity contribution is 5.95. The molecule has 2 N–H and O–H groups in total. The number of nitrogens with two attached hydrogens (primary N) is 1. The highest BCUT2D eigenvalue weighted by atomic mass is 16.5. The second-order valence-electron chi connectivity index (χ2n) is 4.15. The van der Waals surface area contributed by atoms with Crippen molar-refractivity contribution < 1.29 is 9.53 Å². The average Bonchev–Trinajstić information content (AvgIpc) is 2.27. The number of rotatable bonds is 5. The van der Waals surface area contributed by atoms with Crippen molar-refractivity contribution in [2.24, 2.45) is 0 Å². The summed E-state index contributed by atoms with van der Waals surface area (Å²) in [4.78, 5) is 13.7. The maximum Gasteiger partial charge on any atom is 0.340 e. The van der Waals surface area contributed by atoms with Crippen molar-refractivity contribution in [1.82, 2.24) is 4.90 Å². The molecular formula is C13H20N2O2. The third-order valence-electron chi connectivity index (χ3n) is 2.52. The predicted octanol–water partition coefficient (Wildman–Crippen LogP) is 1.55. The standard InChI is InChI=1S/C13H20N2O2/c1-4-17-13(16)11-7-5-6-10(12(11)14)8-9-15(2)3/h5-7H,4,8-9,14H2,1-3H3. The predicted molar refractivity (Wildman–Crippen MR) is 69.1 cm³/mol. The van der Waals surface area contributed by atoms with Crippen LogP contribution in [0.4, 0.5) is 5.69 Å². The van der Waals surface area contributed by atoms with Gasteiger partial charge in [0.05, 0.1) is 12.2 Å². The number of carbonyl (C=O) groups is 1. The number of hydrogen-bond donors (Lipinski definition) is 1. The van der Waals surface area contributed by atoms with Gasteiger partial charge in [-0.05, 0) is 39.1 Å². The van der Waals surface area contributed by atoms with Crippen LogP contribution in [0.1, 0.15) is 22.8 Å². The minimum atomic E-state index is -0.350. The van der Waals surface area contributed by atoms with E-state index in [0.29, 0.717) is 17.9 Å². The lowest BCUT2D eigenvalue weighted by molar-refractivity contribution is 0.0527. The second kappa shape index (κ2) is 6.25. The minimum Gasteiger partial charge on any atom is -0.462 e. The van der Waals surface area contributed by atoms with Crippen molar-refractivity contribution in [2.45, 2.75) is 13.3 Å². The van der Waals surface area contributed by atoms with Crippen molar-refractivity contribution in [1.29, 1.82) is 0 Å². The summed E-state index contributed by atoms with van der Waals surface area (Å²) in [5.41, 5.74) is 7.97. The van der Waals surface area contributed by atoms with E-state index in [9.17, 15) is 4.79 Å². The Morgan fingerprint density at radius 1 is 1.41 bits per heavy atom.